The molecule has 7 nitrogen and oxygen atoms in total. The zero-order valence-electron chi connectivity index (χ0n) is 15.7. The van der Waals surface area contributed by atoms with Crippen LogP contribution in [0.25, 0.3) is 6.08 Å². The number of nitro groups is 1. The highest BCUT2D eigenvalue weighted by Gasteiger charge is 2.21. The van der Waals surface area contributed by atoms with Gasteiger partial charge in [-0.3, -0.25) is 14.9 Å². The maximum Gasteiger partial charge on any atom is 0.311 e. The predicted octanol–water partition coefficient (Wildman–Crippen LogP) is 3.24. The quantitative estimate of drug-likeness (QED) is 0.435. The number of ether oxygens (including phenoxy) is 1. The van der Waals surface area contributed by atoms with Gasteiger partial charge in [-0.15, -0.1) is 0 Å². The Balaban J connectivity index is 1.61. The Labute approximate surface area is 165 Å². The average Bonchev–Trinajstić information content (AvgIpc) is 2.73. The van der Waals surface area contributed by atoms with Crippen molar-refractivity contribution in [3.8, 4) is 5.75 Å². The standard InChI is InChI=1S/C20H19F2N3O4/c1-29-19-6-2-14(12-18(19)25(27)28)3-7-20(26)24-10-8-23(9-11-24)15-4-5-16(21)17(22)13-15/h2-7,12-13H,8-11H2,1H3/b7-3+. The van der Waals surface area contributed by atoms with Gasteiger partial charge in [-0.05, 0) is 29.8 Å². The molecule has 3 rings (SSSR count). The van der Waals surface area contributed by atoms with Crippen LogP contribution in [0.5, 0.6) is 5.75 Å². The topological polar surface area (TPSA) is 75.9 Å². The van der Waals surface area contributed by atoms with Crippen molar-refractivity contribution in [3.05, 3.63) is 69.8 Å². The summed E-state index contributed by atoms with van der Waals surface area (Å²) in [4.78, 5) is 26.5. The molecule has 0 bridgehead atoms. The molecule has 0 aliphatic carbocycles. The van der Waals surface area contributed by atoms with Crippen LogP contribution in [-0.2, 0) is 4.79 Å². The van der Waals surface area contributed by atoms with Gasteiger partial charge in [-0.25, -0.2) is 8.78 Å². The van der Waals surface area contributed by atoms with E-state index < -0.39 is 16.6 Å². The fourth-order valence-electron chi connectivity index (χ4n) is 3.09. The van der Waals surface area contributed by atoms with Gasteiger partial charge in [0, 0.05) is 50.1 Å². The van der Waals surface area contributed by atoms with E-state index in [1.54, 1.807) is 11.0 Å². The first-order chi connectivity index (χ1) is 13.9. The van der Waals surface area contributed by atoms with E-state index in [1.165, 1.54) is 37.5 Å². The number of rotatable bonds is 5. The van der Waals surface area contributed by atoms with Crippen molar-refractivity contribution in [2.45, 2.75) is 0 Å². The molecule has 0 spiro atoms. The summed E-state index contributed by atoms with van der Waals surface area (Å²) in [6, 6.07) is 8.16. The third kappa shape index (κ3) is 4.68. The van der Waals surface area contributed by atoms with Crippen LogP contribution in [-0.4, -0.2) is 49.0 Å². The number of anilines is 1. The lowest BCUT2D eigenvalue weighted by Gasteiger charge is -2.35. The number of piperazine rings is 1. The van der Waals surface area contributed by atoms with Crippen LogP contribution in [0.15, 0.2) is 42.5 Å². The molecule has 0 radical (unpaired) electrons. The lowest BCUT2D eigenvalue weighted by Crippen LogP contribution is -2.48. The predicted molar refractivity (Wildman–Crippen MR) is 104 cm³/mol. The van der Waals surface area contributed by atoms with Crippen molar-refractivity contribution in [1.82, 2.24) is 4.90 Å². The molecule has 0 atom stereocenters. The Morgan fingerprint density at radius 3 is 2.45 bits per heavy atom. The highest BCUT2D eigenvalue weighted by molar-refractivity contribution is 5.92. The van der Waals surface area contributed by atoms with Gasteiger partial charge in [0.2, 0.25) is 5.91 Å². The summed E-state index contributed by atoms with van der Waals surface area (Å²) in [6.45, 7) is 1.81. The molecule has 1 fully saturated rings. The van der Waals surface area contributed by atoms with E-state index >= 15 is 0 Å². The Hall–Kier alpha value is -3.49. The van der Waals surface area contributed by atoms with Gasteiger partial charge in [0.1, 0.15) is 0 Å². The molecule has 1 amide bonds. The molecule has 1 saturated heterocycles. The van der Waals surface area contributed by atoms with E-state index in [0.29, 0.717) is 37.4 Å². The number of methoxy groups -OCH3 is 1. The largest absolute Gasteiger partial charge is 0.490 e. The number of carbonyl (C=O) groups is 1. The summed E-state index contributed by atoms with van der Waals surface area (Å²) in [6.07, 6.45) is 2.87. The molecule has 0 unspecified atom stereocenters. The van der Waals surface area contributed by atoms with Crippen LogP contribution in [0.1, 0.15) is 5.56 Å². The van der Waals surface area contributed by atoms with Crippen molar-refractivity contribution >= 4 is 23.4 Å². The maximum absolute atomic E-state index is 13.4. The van der Waals surface area contributed by atoms with E-state index in [4.69, 9.17) is 4.74 Å². The zero-order chi connectivity index (χ0) is 21.0. The molecule has 0 aromatic heterocycles. The number of amides is 1. The van der Waals surface area contributed by atoms with Crippen LogP contribution in [0, 0.1) is 21.7 Å². The van der Waals surface area contributed by atoms with E-state index in [-0.39, 0.29) is 17.3 Å². The Morgan fingerprint density at radius 1 is 1.10 bits per heavy atom. The SMILES string of the molecule is COc1ccc(/C=C/C(=O)N2CCN(c3ccc(F)c(F)c3)CC2)cc1[N+](=O)[O-]. The van der Waals surface area contributed by atoms with Crippen LogP contribution in [0.2, 0.25) is 0 Å². The summed E-state index contributed by atoms with van der Waals surface area (Å²) < 4.78 is 31.4. The number of carbonyl (C=O) groups excluding carboxylic acids is 1. The molecule has 2 aromatic rings. The van der Waals surface area contributed by atoms with E-state index in [0.717, 1.165) is 12.1 Å². The monoisotopic (exact) mass is 403 g/mol. The summed E-state index contributed by atoms with van der Waals surface area (Å²) in [7, 11) is 1.35. The molecular formula is C20H19F2N3O4. The number of nitro benzene ring substituents is 1. The smallest absolute Gasteiger partial charge is 0.311 e. The number of nitrogens with zero attached hydrogens (tertiary/aromatic N) is 3. The van der Waals surface area contributed by atoms with Gasteiger partial charge in [0.15, 0.2) is 17.4 Å². The first kappa shape index (κ1) is 20.2. The molecule has 0 N–H and O–H groups in total. The Morgan fingerprint density at radius 2 is 1.83 bits per heavy atom. The Kier molecular flexibility index (Phi) is 6.06. The van der Waals surface area contributed by atoms with E-state index in [2.05, 4.69) is 0 Å². The van der Waals surface area contributed by atoms with Crippen molar-refractivity contribution in [1.29, 1.82) is 0 Å². The second-order valence-electron chi connectivity index (χ2n) is 6.43. The van der Waals surface area contributed by atoms with Crippen LogP contribution in [0.4, 0.5) is 20.2 Å². The molecule has 29 heavy (non-hydrogen) atoms. The van der Waals surface area contributed by atoms with Crippen molar-refractivity contribution in [3.63, 3.8) is 0 Å². The van der Waals surface area contributed by atoms with Crippen molar-refractivity contribution < 1.29 is 23.2 Å². The van der Waals surface area contributed by atoms with E-state index in [9.17, 15) is 23.7 Å². The molecular weight excluding hydrogens is 384 g/mol. The van der Waals surface area contributed by atoms with Gasteiger partial charge in [-0.2, -0.15) is 0 Å². The van der Waals surface area contributed by atoms with Gasteiger partial charge < -0.3 is 14.5 Å². The fourth-order valence-corrected chi connectivity index (χ4v) is 3.09. The normalized spacial score (nSPS) is 14.3. The van der Waals surface area contributed by atoms with Gasteiger partial charge in [0.05, 0.1) is 12.0 Å². The fraction of sp³-hybridized carbons (Fsp3) is 0.250. The lowest BCUT2D eigenvalue weighted by molar-refractivity contribution is -0.385. The van der Waals surface area contributed by atoms with Gasteiger partial charge in [-0.1, -0.05) is 6.07 Å². The minimum Gasteiger partial charge on any atom is -0.490 e. The molecule has 1 aliphatic heterocycles. The number of hydrogen-bond donors (Lipinski definition) is 0. The van der Waals surface area contributed by atoms with Crippen LogP contribution < -0.4 is 9.64 Å². The minimum atomic E-state index is -0.905. The third-order valence-electron chi connectivity index (χ3n) is 4.68. The highest BCUT2D eigenvalue weighted by Crippen LogP contribution is 2.28. The molecule has 2 aromatic carbocycles. The molecule has 152 valence electrons. The Bertz CT molecular complexity index is 957. The van der Waals surface area contributed by atoms with Crippen LogP contribution >= 0.6 is 0 Å². The molecule has 9 heteroatoms. The molecule has 0 saturated carbocycles. The lowest BCUT2D eigenvalue weighted by atomic mass is 10.1. The average molecular weight is 403 g/mol. The first-order valence-corrected chi connectivity index (χ1v) is 8.88. The first-order valence-electron chi connectivity index (χ1n) is 8.88. The third-order valence-corrected chi connectivity index (χ3v) is 4.68. The number of benzene rings is 2. The second kappa shape index (κ2) is 8.68. The second-order valence-corrected chi connectivity index (χ2v) is 6.43. The summed E-state index contributed by atoms with van der Waals surface area (Å²) in [5.41, 5.74) is 0.894. The molecule has 1 aliphatic rings. The zero-order valence-corrected chi connectivity index (χ0v) is 15.7. The summed E-state index contributed by atoms with van der Waals surface area (Å²) >= 11 is 0. The van der Waals surface area contributed by atoms with Crippen molar-refractivity contribution in [2.75, 3.05) is 38.2 Å². The highest BCUT2D eigenvalue weighted by atomic mass is 19.2. The number of halogens is 2. The van der Waals surface area contributed by atoms with Crippen molar-refractivity contribution in [2.24, 2.45) is 0 Å². The number of hydrogen-bond acceptors (Lipinski definition) is 5. The molecule has 1 heterocycles. The van der Waals surface area contributed by atoms with Gasteiger partial charge in [0.25, 0.3) is 0 Å². The maximum atomic E-state index is 13.4. The minimum absolute atomic E-state index is 0.145. The van der Waals surface area contributed by atoms with Crippen LogP contribution in [0.3, 0.4) is 0 Å². The van der Waals surface area contributed by atoms with E-state index in [1.807, 2.05) is 4.90 Å². The van der Waals surface area contributed by atoms with Gasteiger partial charge >= 0.3 is 5.69 Å². The summed E-state index contributed by atoms with van der Waals surface area (Å²) in [5, 5.41) is 11.1. The summed E-state index contributed by atoms with van der Waals surface area (Å²) in [5.74, 6) is -1.88.